The zero-order chi connectivity index (χ0) is 22.5. The average Bonchev–Trinajstić information content (AvgIpc) is 2.92. The Morgan fingerprint density at radius 1 is 1.19 bits per heavy atom. The molecule has 0 saturated carbocycles. The average molecular weight is 452 g/mol. The second kappa shape index (κ2) is 9.70. The molecule has 3 aromatic rings. The van der Waals surface area contributed by atoms with E-state index in [9.17, 15) is 9.59 Å². The standard InChI is InChI=1S/C24H22ClN3O4/c1-31-18-9-6-16(7-10-18)15-27-22(29)5-3-13-28-20-14-17(25)8-11-21(20)32-23-19(24(28)30)4-2-12-26-23/h2,4,6-12,14H,3,5,13,15H2,1H3,(H,27,29). The van der Waals surface area contributed by atoms with Crippen molar-refractivity contribution in [1.29, 1.82) is 0 Å². The Hall–Kier alpha value is -3.58. The van der Waals surface area contributed by atoms with E-state index in [-0.39, 0.29) is 24.1 Å². The number of nitrogens with zero attached hydrogens (tertiary/aromatic N) is 2. The van der Waals surface area contributed by atoms with Gasteiger partial charge in [-0.25, -0.2) is 4.98 Å². The number of carbonyl (C=O) groups excluding carboxylic acids is 2. The Kier molecular flexibility index (Phi) is 6.56. The Morgan fingerprint density at radius 3 is 2.78 bits per heavy atom. The molecule has 2 aromatic carbocycles. The van der Waals surface area contributed by atoms with Gasteiger partial charge < -0.3 is 19.7 Å². The van der Waals surface area contributed by atoms with Gasteiger partial charge in [0.15, 0.2) is 5.75 Å². The van der Waals surface area contributed by atoms with Crippen molar-refractivity contribution in [2.75, 3.05) is 18.6 Å². The molecule has 0 bridgehead atoms. The number of anilines is 1. The summed E-state index contributed by atoms with van der Waals surface area (Å²) in [6.45, 7) is 0.761. The first-order chi connectivity index (χ1) is 15.5. The summed E-state index contributed by atoms with van der Waals surface area (Å²) in [7, 11) is 1.61. The van der Waals surface area contributed by atoms with Crippen LogP contribution in [0.4, 0.5) is 5.69 Å². The minimum absolute atomic E-state index is 0.0901. The van der Waals surface area contributed by atoms with E-state index in [2.05, 4.69) is 10.3 Å². The molecule has 1 aromatic heterocycles. The van der Waals surface area contributed by atoms with Crippen LogP contribution in [0.2, 0.25) is 5.02 Å². The van der Waals surface area contributed by atoms with Gasteiger partial charge in [-0.15, -0.1) is 0 Å². The highest BCUT2D eigenvalue weighted by atomic mass is 35.5. The molecular formula is C24H22ClN3O4. The molecule has 7 nitrogen and oxygen atoms in total. The van der Waals surface area contributed by atoms with E-state index in [1.54, 1.807) is 48.5 Å². The maximum Gasteiger partial charge on any atom is 0.263 e. The second-order valence-corrected chi connectivity index (χ2v) is 7.69. The SMILES string of the molecule is COc1ccc(CNC(=O)CCCN2C(=O)c3cccnc3Oc3ccc(Cl)cc32)cc1. The van der Waals surface area contributed by atoms with Crippen LogP contribution in [-0.4, -0.2) is 30.5 Å². The number of benzene rings is 2. The van der Waals surface area contributed by atoms with E-state index in [0.717, 1.165) is 11.3 Å². The van der Waals surface area contributed by atoms with E-state index in [1.807, 2.05) is 24.3 Å². The summed E-state index contributed by atoms with van der Waals surface area (Å²) in [6.07, 6.45) is 2.32. The van der Waals surface area contributed by atoms with Crippen LogP contribution in [-0.2, 0) is 11.3 Å². The maximum atomic E-state index is 13.2. The number of aromatic nitrogens is 1. The van der Waals surface area contributed by atoms with Crippen LogP contribution in [0.5, 0.6) is 17.4 Å². The van der Waals surface area contributed by atoms with E-state index in [4.69, 9.17) is 21.1 Å². The van der Waals surface area contributed by atoms with Gasteiger partial charge in [0.2, 0.25) is 11.8 Å². The van der Waals surface area contributed by atoms with E-state index >= 15 is 0 Å². The fourth-order valence-electron chi connectivity index (χ4n) is 3.43. The van der Waals surface area contributed by atoms with Crippen molar-refractivity contribution in [1.82, 2.24) is 10.3 Å². The van der Waals surface area contributed by atoms with Crippen LogP contribution in [0.15, 0.2) is 60.8 Å². The number of hydrogen-bond acceptors (Lipinski definition) is 5. The van der Waals surface area contributed by atoms with E-state index < -0.39 is 0 Å². The maximum absolute atomic E-state index is 13.2. The lowest BCUT2D eigenvalue weighted by molar-refractivity contribution is -0.121. The highest BCUT2D eigenvalue weighted by Gasteiger charge is 2.29. The zero-order valence-electron chi connectivity index (χ0n) is 17.5. The fraction of sp³-hybridized carbons (Fsp3) is 0.208. The van der Waals surface area contributed by atoms with E-state index in [0.29, 0.717) is 41.5 Å². The number of methoxy groups -OCH3 is 1. The molecule has 32 heavy (non-hydrogen) atoms. The van der Waals surface area contributed by atoms with Gasteiger partial charge in [0.05, 0.1) is 12.8 Å². The second-order valence-electron chi connectivity index (χ2n) is 7.26. The first kappa shape index (κ1) is 21.6. The van der Waals surface area contributed by atoms with Crippen molar-refractivity contribution in [2.24, 2.45) is 0 Å². The normalized spacial score (nSPS) is 12.3. The highest BCUT2D eigenvalue weighted by Crippen LogP contribution is 2.39. The minimum atomic E-state index is -0.243. The summed E-state index contributed by atoms with van der Waals surface area (Å²) in [5, 5.41) is 3.39. The molecule has 1 aliphatic rings. The molecule has 2 heterocycles. The van der Waals surface area contributed by atoms with Crippen molar-refractivity contribution < 1.29 is 19.1 Å². The smallest absolute Gasteiger partial charge is 0.263 e. The van der Waals surface area contributed by atoms with E-state index in [1.165, 1.54) is 0 Å². The Morgan fingerprint density at radius 2 is 2.00 bits per heavy atom. The number of pyridine rings is 1. The van der Waals surface area contributed by atoms with Gasteiger partial charge in [-0.1, -0.05) is 23.7 Å². The van der Waals surface area contributed by atoms with Crippen molar-refractivity contribution in [2.45, 2.75) is 19.4 Å². The summed E-state index contributed by atoms with van der Waals surface area (Å²) in [5.74, 6) is 1.17. The molecule has 2 amide bonds. The van der Waals surface area contributed by atoms with Gasteiger partial charge >= 0.3 is 0 Å². The lowest BCUT2D eigenvalue weighted by Gasteiger charge is -2.22. The molecule has 164 valence electrons. The predicted octanol–water partition coefficient (Wildman–Crippen LogP) is 4.59. The molecule has 1 aliphatic heterocycles. The van der Waals surface area contributed by atoms with Crippen molar-refractivity contribution >= 4 is 29.1 Å². The monoisotopic (exact) mass is 451 g/mol. The van der Waals surface area contributed by atoms with Gasteiger partial charge in [0, 0.05) is 30.7 Å². The molecule has 8 heteroatoms. The molecule has 0 atom stereocenters. The Balaban J connectivity index is 1.41. The number of carbonyl (C=O) groups is 2. The highest BCUT2D eigenvalue weighted by molar-refractivity contribution is 6.31. The third kappa shape index (κ3) is 4.84. The number of halogens is 1. The third-order valence-corrected chi connectivity index (χ3v) is 5.33. The summed E-state index contributed by atoms with van der Waals surface area (Å²) >= 11 is 6.18. The van der Waals surface area contributed by atoms with Crippen molar-refractivity contribution in [3.63, 3.8) is 0 Å². The number of fused-ring (bicyclic) bond motifs is 2. The predicted molar refractivity (Wildman–Crippen MR) is 122 cm³/mol. The Bertz CT molecular complexity index is 1130. The summed E-state index contributed by atoms with van der Waals surface area (Å²) in [6, 6.07) is 16.0. The molecule has 0 spiro atoms. The number of amides is 2. The van der Waals surface area contributed by atoms with Gasteiger partial charge in [-0.2, -0.15) is 0 Å². The van der Waals surface area contributed by atoms with Crippen molar-refractivity contribution in [3.8, 4) is 17.4 Å². The lowest BCUT2D eigenvalue weighted by atomic mass is 10.2. The quantitative estimate of drug-likeness (QED) is 0.568. The van der Waals surface area contributed by atoms with Gasteiger partial charge in [-0.05, 0) is 54.4 Å². The summed E-state index contributed by atoms with van der Waals surface area (Å²) in [4.78, 5) is 31.3. The van der Waals surface area contributed by atoms with Crippen LogP contribution >= 0.6 is 11.6 Å². The Labute approximate surface area is 190 Å². The molecule has 0 saturated heterocycles. The molecular weight excluding hydrogens is 430 g/mol. The van der Waals surface area contributed by atoms with Gasteiger partial charge in [0.1, 0.15) is 11.3 Å². The van der Waals surface area contributed by atoms with Gasteiger partial charge in [0.25, 0.3) is 5.91 Å². The third-order valence-electron chi connectivity index (χ3n) is 5.10. The lowest BCUT2D eigenvalue weighted by Crippen LogP contribution is -2.32. The molecule has 0 fully saturated rings. The molecule has 0 aliphatic carbocycles. The molecule has 0 unspecified atom stereocenters. The topological polar surface area (TPSA) is 80.8 Å². The zero-order valence-corrected chi connectivity index (χ0v) is 18.3. The van der Waals surface area contributed by atoms with Crippen LogP contribution in [0.3, 0.4) is 0 Å². The molecule has 1 N–H and O–H groups in total. The largest absolute Gasteiger partial charge is 0.497 e. The summed E-state index contributed by atoms with van der Waals surface area (Å²) < 4.78 is 11.0. The minimum Gasteiger partial charge on any atom is -0.497 e. The summed E-state index contributed by atoms with van der Waals surface area (Å²) in [5.41, 5.74) is 1.90. The van der Waals surface area contributed by atoms with Crippen LogP contribution in [0.1, 0.15) is 28.8 Å². The number of ether oxygens (including phenoxy) is 2. The van der Waals surface area contributed by atoms with Crippen molar-refractivity contribution in [3.05, 3.63) is 76.9 Å². The van der Waals surface area contributed by atoms with Crippen LogP contribution < -0.4 is 19.7 Å². The number of nitrogens with one attached hydrogen (secondary N) is 1. The van der Waals surface area contributed by atoms with Crippen LogP contribution in [0.25, 0.3) is 0 Å². The fourth-order valence-corrected chi connectivity index (χ4v) is 3.60. The number of hydrogen-bond donors (Lipinski definition) is 1. The van der Waals surface area contributed by atoms with Crippen LogP contribution in [0, 0.1) is 0 Å². The molecule has 4 rings (SSSR count). The molecule has 0 radical (unpaired) electrons. The van der Waals surface area contributed by atoms with Gasteiger partial charge in [-0.3, -0.25) is 9.59 Å². The first-order valence-electron chi connectivity index (χ1n) is 10.2. The number of rotatable bonds is 7. The first-order valence-corrected chi connectivity index (χ1v) is 10.6.